The highest BCUT2D eigenvalue weighted by atomic mass is 16.6. The van der Waals surface area contributed by atoms with Crippen LogP contribution in [-0.4, -0.2) is 18.1 Å². The maximum absolute atomic E-state index is 9.92. The van der Waals surface area contributed by atoms with Crippen LogP contribution in [0.2, 0.25) is 0 Å². The van der Waals surface area contributed by atoms with E-state index in [1.165, 1.54) is 0 Å². The lowest BCUT2D eigenvalue weighted by molar-refractivity contribution is -0.102. The monoisotopic (exact) mass is 140 g/mol. The Morgan fingerprint density at radius 3 is 2.70 bits per heavy atom. The van der Waals surface area contributed by atoms with Crippen LogP contribution < -0.4 is 0 Å². The molecule has 0 heterocycles. The largest absolute Gasteiger partial charge is 0.392 e. The van der Waals surface area contributed by atoms with Crippen LogP contribution in [-0.2, 0) is 9.63 Å². The van der Waals surface area contributed by atoms with Crippen LogP contribution in [0.25, 0.3) is 0 Å². The maximum Gasteiger partial charge on any atom is 0.219 e. The van der Waals surface area contributed by atoms with Gasteiger partial charge in [-0.1, -0.05) is 5.16 Å². The quantitative estimate of drug-likeness (QED) is 0.325. The summed E-state index contributed by atoms with van der Waals surface area (Å²) in [4.78, 5) is 14.5. The summed E-state index contributed by atoms with van der Waals surface area (Å²) >= 11 is 0. The molecule has 54 valence electrons. The van der Waals surface area contributed by atoms with Gasteiger partial charge in [0.1, 0.15) is 12.2 Å². The van der Waals surface area contributed by atoms with Gasteiger partial charge in [0.05, 0.1) is 0 Å². The molecule has 4 heteroatoms. The minimum atomic E-state index is -0.242. The molecule has 0 spiro atoms. The van der Waals surface area contributed by atoms with Crippen molar-refractivity contribution < 1.29 is 9.63 Å². The molecule has 0 radical (unpaired) electrons. The zero-order chi connectivity index (χ0) is 7.98. The summed E-state index contributed by atoms with van der Waals surface area (Å²) in [5, 5.41) is 11.4. The molecule has 0 aliphatic heterocycles. The zero-order valence-electron chi connectivity index (χ0n) is 5.87. The number of hydrogen-bond acceptors (Lipinski definition) is 4. The maximum atomic E-state index is 9.92. The standard InChI is InChI=1S/C6H8N2O2/c1-5(2)10-8-6(3-7)4-9/h4-5H,1-2H3. The summed E-state index contributed by atoms with van der Waals surface area (Å²) in [7, 11) is 0. The zero-order valence-corrected chi connectivity index (χ0v) is 5.87. The first kappa shape index (κ1) is 8.63. The lowest BCUT2D eigenvalue weighted by Crippen LogP contribution is -2.01. The third-order valence-corrected chi connectivity index (χ3v) is 0.588. The van der Waals surface area contributed by atoms with Gasteiger partial charge < -0.3 is 4.84 Å². The molecule has 0 saturated carbocycles. The van der Waals surface area contributed by atoms with Crippen molar-refractivity contribution in [2.45, 2.75) is 20.0 Å². The van der Waals surface area contributed by atoms with E-state index < -0.39 is 0 Å². The molecule has 0 aromatic heterocycles. The number of carbonyl (C=O) groups excluding carboxylic acids is 1. The Balaban J connectivity index is 3.90. The van der Waals surface area contributed by atoms with E-state index in [1.54, 1.807) is 19.9 Å². The van der Waals surface area contributed by atoms with Crippen LogP contribution >= 0.6 is 0 Å². The topological polar surface area (TPSA) is 62.4 Å². The second-order valence-corrected chi connectivity index (χ2v) is 1.86. The van der Waals surface area contributed by atoms with Crippen LogP contribution in [0.5, 0.6) is 0 Å². The number of oxime groups is 1. The summed E-state index contributed by atoms with van der Waals surface area (Å²) < 4.78 is 0. The van der Waals surface area contributed by atoms with Gasteiger partial charge in [-0.25, -0.2) is 0 Å². The molecular weight excluding hydrogens is 132 g/mol. The molecule has 0 unspecified atom stereocenters. The minimum Gasteiger partial charge on any atom is -0.392 e. The van der Waals surface area contributed by atoms with Crippen LogP contribution in [0.15, 0.2) is 5.16 Å². The average molecular weight is 140 g/mol. The van der Waals surface area contributed by atoms with Crippen LogP contribution in [0, 0.1) is 11.3 Å². The van der Waals surface area contributed by atoms with Gasteiger partial charge in [0.25, 0.3) is 0 Å². The van der Waals surface area contributed by atoms with Gasteiger partial charge in [-0.3, -0.25) is 4.79 Å². The van der Waals surface area contributed by atoms with Crippen molar-refractivity contribution in [3.8, 4) is 6.07 Å². The Hall–Kier alpha value is -1.37. The van der Waals surface area contributed by atoms with E-state index in [2.05, 4.69) is 9.99 Å². The summed E-state index contributed by atoms with van der Waals surface area (Å²) in [5.41, 5.74) is -0.242. The highest BCUT2D eigenvalue weighted by molar-refractivity contribution is 6.35. The van der Waals surface area contributed by atoms with Gasteiger partial charge in [0.2, 0.25) is 5.71 Å². The van der Waals surface area contributed by atoms with E-state index in [1.807, 2.05) is 0 Å². The Morgan fingerprint density at radius 1 is 1.80 bits per heavy atom. The van der Waals surface area contributed by atoms with E-state index in [4.69, 9.17) is 5.26 Å². The molecule has 0 aromatic rings. The smallest absolute Gasteiger partial charge is 0.219 e. The molecule has 0 aliphatic carbocycles. The molecule has 0 rings (SSSR count). The van der Waals surface area contributed by atoms with Crippen molar-refractivity contribution in [3.05, 3.63) is 0 Å². The number of rotatable bonds is 3. The first-order valence-corrected chi connectivity index (χ1v) is 2.79. The summed E-state index contributed by atoms with van der Waals surface area (Å²) in [6.07, 6.45) is 0.242. The molecule has 0 amide bonds. The minimum absolute atomic E-state index is 0.108. The van der Waals surface area contributed by atoms with E-state index >= 15 is 0 Å². The van der Waals surface area contributed by atoms with Crippen molar-refractivity contribution in [2.75, 3.05) is 0 Å². The van der Waals surface area contributed by atoms with E-state index in [-0.39, 0.29) is 11.8 Å². The lowest BCUT2D eigenvalue weighted by Gasteiger charge is -1.99. The third-order valence-electron chi connectivity index (χ3n) is 0.588. The summed E-state index contributed by atoms with van der Waals surface area (Å²) in [5.74, 6) is 0. The fraction of sp³-hybridized carbons (Fsp3) is 0.500. The van der Waals surface area contributed by atoms with E-state index in [0.29, 0.717) is 6.29 Å². The Morgan fingerprint density at radius 2 is 2.40 bits per heavy atom. The highest BCUT2D eigenvalue weighted by Gasteiger charge is 1.94. The molecule has 0 atom stereocenters. The molecule has 0 fully saturated rings. The van der Waals surface area contributed by atoms with Crippen molar-refractivity contribution in [1.82, 2.24) is 0 Å². The first-order valence-electron chi connectivity index (χ1n) is 2.79. The van der Waals surface area contributed by atoms with Crippen molar-refractivity contribution >= 4 is 12.0 Å². The van der Waals surface area contributed by atoms with Gasteiger partial charge >= 0.3 is 0 Å². The van der Waals surface area contributed by atoms with Crippen molar-refractivity contribution in [3.63, 3.8) is 0 Å². The molecule has 0 aromatic carbocycles. The first-order chi connectivity index (χ1) is 4.70. The number of carbonyl (C=O) groups is 1. The number of hydrogen-bond donors (Lipinski definition) is 0. The molecule has 0 saturated heterocycles. The number of aldehydes is 1. The van der Waals surface area contributed by atoms with Gasteiger partial charge in [-0.15, -0.1) is 0 Å². The summed E-state index contributed by atoms with van der Waals surface area (Å²) in [6.45, 7) is 3.51. The van der Waals surface area contributed by atoms with Crippen LogP contribution in [0.3, 0.4) is 0 Å². The van der Waals surface area contributed by atoms with Crippen molar-refractivity contribution in [2.24, 2.45) is 5.16 Å². The van der Waals surface area contributed by atoms with Crippen LogP contribution in [0.4, 0.5) is 0 Å². The van der Waals surface area contributed by atoms with Crippen LogP contribution in [0.1, 0.15) is 13.8 Å². The third kappa shape index (κ3) is 3.61. The van der Waals surface area contributed by atoms with Gasteiger partial charge in [0, 0.05) is 0 Å². The molecule has 4 nitrogen and oxygen atoms in total. The van der Waals surface area contributed by atoms with E-state index in [0.717, 1.165) is 0 Å². The van der Waals surface area contributed by atoms with E-state index in [9.17, 15) is 4.79 Å². The Bertz CT molecular complexity index is 179. The number of nitrogens with zero attached hydrogens (tertiary/aromatic N) is 2. The highest BCUT2D eigenvalue weighted by Crippen LogP contribution is 1.87. The summed E-state index contributed by atoms with van der Waals surface area (Å²) in [6, 6.07) is 1.56. The molecular formula is C6H8N2O2. The number of nitriles is 1. The fourth-order valence-corrected chi connectivity index (χ4v) is 0.230. The fourth-order valence-electron chi connectivity index (χ4n) is 0.230. The normalized spacial score (nSPS) is 10.8. The van der Waals surface area contributed by atoms with Crippen molar-refractivity contribution in [1.29, 1.82) is 5.26 Å². The Labute approximate surface area is 59.1 Å². The lowest BCUT2D eigenvalue weighted by atomic mass is 10.5. The predicted octanol–water partition coefficient (Wildman–Crippen LogP) is 0.490. The second kappa shape index (κ2) is 4.50. The van der Waals surface area contributed by atoms with Gasteiger partial charge in [0.15, 0.2) is 6.29 Å². The average Bonchev–Trinajstić information content (AvgIpc) is 1.90. The molecule has 0 aliphatic rings. The second-order valence-electron chi connectivity index (χ2n) is 1.86. The molecule has 0 N–H and O–H groups in total. The molecule has 0 bridgehead atoms. The Kier molecular flexibility index (Phi) is 3.89. The predicted molar refractivity (Wildman–Crippen MR) is 35.3 cm³/mol. The molecule has 10 heavy (non-hydrogen) atoms. The SMILES string of the molecule is CC(C)ON=C(C#N)C=O. The van der Waals surface area contributed by atoms with Gasteiger partial charge in [-0.2, -0.15) is 5.26 Å². The van der Waals surface area contributed by atoms with Gasteiger partial charge in [-0.05, 0) is 13.8 Å².